The fourth-order valence-corrected chi connectivity index (χ4v) is 2.17. The third kappa shape index (κ3) is 5.16. The highest BCUT2D eigenvalue weighted by Crippen LogP contribution is 2.14. The third-order valence-electron chi connectivity index (χ3n) is 1.82. The van der Waals surface area contributed by atoms with Crippen LogP contribution in [-0.4, -0.2) is 28.9 Å². The first-order valence-corrected chi connectivity index (χ1v) is 6.88. The zero-order chi connectivity index (χ0) is 11.3. The van der Waals surface area contributed by atoms with Crippen molar-refractivity contribution in [1.29, 1.82) is 0 Å². The van der Waals surface area contributed by atoms with Gasteiger partial charge in [0.1, 0.15) is 0 Å². The zero-order valence-electron chi connectivity index (χ0n) is 9.23. The molecule has 1 atom stereocenters. The van der Waals surface area contributed by atoms with Gasteiger partial charge >= 0.3 is 0 Å². The van der Waals surface area contributed by atoms with Crippen molar-refractivity contribution in [2.24, 2.45) is 5.73 Å². The van der Waals surface area contributed by atoms with E-state index in [0.717, 1.165) is 11.4 Å². The van der Waals surface area contributed by atoms with E-state index in [0.29, 0.717) is 11.6 Å². The summed E-state index contributed by atoms with van der Waals surface area (Å²) in [6.07, 6.45) is 2.69. The number of carbonyl (C=O) groups is 1. The molecule has 0 aliphatic heterocycles. The smallest absolute Gasteiger partial charge is 0.243 e. The SMILES string of the molecule is CSCC[C@H](N)C(=O)Nc1nc(C)cs1.Cl. The average molecular weight is 282 g/mol. The molecule has 4 nitrogen and oxygen atoms in total. The summed E-state index contributed by atoms with van der Waals surface area (Å²) in [4.78, 5) is 15.7. The van der Waals surface area contributed by atoms with E-state index in [9.17, 15) is 4.79 Å². The number of amides is 1. The van der Waals surface area contributed by atoms with Gasteiger partial charge in [0.25, 0.3) is 0 Å². The molecular weight excluding hydrogens is 266 g/mol. The van der Waals surface area contributed by atoms with Gasteiger partial charge in [0, 0.05) is 5.38 Å². The highest BCUT2D eigenvalue weighted by atomic mass is 35.5. The van der Waals surface area contributed by atoms with Crippen LogP contribution in [0.4, 0.5) is 5.13 Å². The van der Waals surface area contributed by atoms with Crippen LogP contribution >= 0.6 is 35.5 Å². The average Bonchev–Trinajstić information content (AvgIpc) is 2.60. The van der Waals surface area contributed by atoms with Crippen LogP contribution in [0.1, 0.15) is 12.1 Å². The number of carbonyl (C=O) groups excluding carboxylic acids is 1. The van der Waals surface area contributed by atoms with E-state index >= 15 is 0 Å². The molecule has 1 amide bonds. The van der Waals surface area contributed by atoms with Crippen molar-refractivity contribution in [3.8, 4) is 0 Å². The standard InChI is InChI=1S/C9H15N3OS2.ClH/c1-6-5-15-9(11-6)12-8(13)7(10)3-4-14-2;/h5,7H,3-4,10H2,1-2H3,(H,11,12,13);1H/t7-;/m0./s1. The van der Waals surface area contributed by atoms with Crippen LogP contribution in [0, 0.1) is 6.92 Å². The molecule has 0 bridgehead atoms. The predicted octanol–water partition coefficient (Wildman–Crippen LogP) is 1.89. The number of anilines is 1. The van der Waals surface area contributed by atoms with Gasteiger partial charge in [-0.05, 0) is 25.4 Å². The number of aryl methyl sites for hydroxylation is 1. The summed E-state index contributed by atoms with van der Waals surface area (Å²) in [5.74, 6) is 0.740. The van der Waals surface area contributed by atoms with Gasteiger partial charge in [0.15, 0.2) is 5.13 Å². The molecule has 1 aromatic heterocycles. The van der Waals surface area contributed by atoms with Crippen LogP contribution in [0.3, 0.4) is 0 Å². The molecule has 1 aromatic rings. The van der Waals surface area contributed by atoms with E-state index in [2.05, 4.69) is 10.3 Å². The Morgan fingerprint density at radius 2 is 2.44 bits per heavy atom. The summed E-state index contributed by atoms with van der Waals surface area (Å²) in [6.45, 7) is 1.89. The van der Waals surface area contributed by atoms with E-state index < -0.39 is 6.04 Å². The molecular formula is C9H16ClN3OS2. The minimum absolute atomic E-state index is 0. The number of hydrogen-bond donors (Lipinski definition) is 2. The molecule has 3 N–H and O–H groups in total. The number of nitrogens with two attached hydrogens (primary N) is 1. The van der Waals surface area contributed by atoms with Crippen molar-refractivity contribution in [2.45, 2.75) is 19.4 Å². The van der Waals surface area contributed by atoms with Gasteiger partial charge in [-0.15, -0.1) is 23.7 Å². The molecule has 0 aliphatic rings. The number of halogens is 1. The summed E-state index contributed by atoms with van der Waals surface area (Å²) in [5, 5.41) is 5.22. The van der Waals surface area contributed by atoms with Gasteiger partial charge in [-0.2, -0.15) is 11.8 Å². The predicted molar refractivity (Wildman–Crippen MR) is 73.7 cm³/mol. The number of hydrogen-bond acceptors (Lipinski definition) is 5. The summed E-state index contributed by atoms with van der Waals surface area (Å²) < 4.78 is 0. The van der Waals surface area contributed by atoms with Crippen molar-refractivity contribution < 1.29 is 4.79 Å². The van der Waals surface area contributed by atoms with Crippen LogP contribution in [0.15, 0.2) is 5.38 Å². The van der Waals surface area contributed by atoms with E-state index in [4.69, 9.17) is 5.73 Å². The molecule has 0 fully saturated rings. The summed E-state index contributed by atoms with van der Waals surface area (Å²) >= 11 is 3.10. The molecule has 0 aromatic carbocycles. The topological polar surface area (TPSA) is 68.0 Å². The Labute approximate surface area is 110 Å². The zero-order valence-corrected chi connectivity index (χ0v) is 11.7. The Hall–Kier alpha value is -0.300. The second-order valence-corrected chi connectivity index (χ2v) is 5.01. The maximum absolute atomic E-state index is 11.5. The second-order valence-electron chi connectivity index (χ2n) is 3.17. The fraction of sp³-hybridized carbons (Fsp3) is 0.556. The largest absolute Gasteiger partial charge is 0.320 e. The molecule has 16 heavy (non-hydrogen) atoms. The highest BCUT2D eigenvalue weighted by molar-refractivity contribution is 7.98. The molecule has 92 valence electrons. The summed E-state index contributed by atoms with van der Waals surface area (Å²) in [5.41, 5.74) is 6.62. The van der Waals surface area contributed by atoms with Crippen LogP contribution < -0.4 is 11.1 Å². The van der Waals surface area contributed by atoms with Crippen LogP contribution in [0.5, 0.6) is 0 Å². The molecule has 1 rings (SSSR count). The number of thiazole rings is 1. The lowest BCUT2D eigenvalue weighted by Crippen LogP contribution is -2.36. The molecule has 1 heterocycles. The van der Waals surface area contributed by atoms with Crippen molar-refractivity contribution in [3.63, 3.8) is 0 Å². The number of rotatable bonds is 5. The lowest BCUT2D eigenvalue weighted by molar-refractivity contribution is -0.117. The van der Waals surface area contributed by atoms with Crippen molar-refractivity contribution >= 4 is 46.5 Å². The minimum atomic E-state index is -0.443. The normalized spacial score (nSPS) is 11.7. The van der Waals surface area contributed by atoms with Crippen molar-refractivity contribution in [2.75, 3.05) is 17.3 Å². The quantitative estimate of drug-likeness (QED) is 0.865. The van der Waals surface area contributed by atoms with Crippen LogP contribution in [0.2, 0.25) is 0 Å². The lowest BCUT2D eigenvalue weighted by atomic mass is 10.2. The first kappa shape index (κ1) is 15.7. The summed E-state index contributed by atoms with van der Waals surface area (Å²) in [7, 11) is 0. The lowest BCUT2D eigenvalue weighted by Gasteiger charge is -2.09. The van der Waals surface area contributed by atoms with E-state index in [-0.39, 0.29) is 18.3 Å². The Morgan fingerprint density at radius 3 is 2.94 bits per heavy atom. The maximum atomic E-state index is 11.5. The van der Waals surface area contributed by atoms with Crippen LogP contribution in [0.25, 0.3) is 0 Å². The molecule has 0 unspecified atom stereocenters. The van der Waals surface area contributed by atoms with Gasteiger partial charge < -0.3 is 11.1 Å². The van der Waals surface area contributed by atoms with Gasteiger partial charge in [0.2, 0.25) is 5.91 Å². The van der Waals surface area contributed by atoms with Crippen molar-refractivity contribution in [1.82, 2.24) is 4.98 Å². The molecule has 0 aliphatic carbocycles. The monoisotopic (exact) mass is 281 g/mol. The molecule has 0 spiro atoms. The number of nitrogens with zero attached hydrogens (tertiary/aromatic N) is 1. The van der Waals surface area contributed by atoms with E-state index in [1.165, 1.54) is 11.3 Å². The Morgan fingerprint density at radius 1 is 1.75 bits per heavy atom. The first-order valence-electron chi connectivity index (χ1n) is 4.61. The fourth-order valence-electron chi connectivity index (χ4n) is 0.985. The third-order valence-corrected chi connectivity index (χ3v) is 3.34. The van der Waals surface area contributed by atoms with E-state index in [1.54, 1.807) is 11.8 Å². The van der Waals surface area contributed by atoms with Crippen molar-refractivity contribution in [3.05, 3.63) is 11.1 Å². The number of nitrogens with one attached hydrogen (secondary N) is 1. The Kier molecular flexibility index (Phi) is 7.74. The second kappa shape index (κ2) is 7.89. The van der Waals surface area contributed by atoms with Gasteiger partial charge in [-0.3, -0.25) is 4.79 Å². The van der Waals surface area contributed by atoms with Gasteiger partial charge in [-0.25, -0.2) is 4.98 Å². The maximum Gasteiger partial charge on any atom is 0.243 e. The van der Waals surface area contributed by atoms with E-state index in [1.807, 2.05) is 18.6 Å². The Balaban J connectivity index is 0.00000225. The highest BCUT2D eigenvalue weighted by Gasteiger charge is 2.13. The van der Waals surface area contributed by atoms with Crippen LogP contribution in [-0.2, 0) is 4.79 Å². The molecule has 0 saturated heterocycles. The molecule has 0 saturated carbocycles. The minimum Gasteiger partial charge on any atom is -0.320 e. The molecule has 0 radical (unpaired) electrons. The molecule has 7 heteroatoms. The van der Waals surface area contributed by atoms with Gasteiger partial charge in [0.05, 0.1) is 11.7 Å². The number of aromatic nitrogens is 1. The summed E-state index contributed by atoms with van der Waals surface area (Å²) in [6, 6.07) is -0.443. The Bertz CT molecular complexity index is 332. The first-order chi connectivity index (χ1) is 7.13. The number of thioether (sulfide) groups is 1. The van der Waals surface area contributed by atoms with Gasteiger partial charge in [-0.1, -0.05) is 0 Å².